The van der Waals surface area contributed by atoms with Gasteiger partial charge in [-0.15, -0.1) is 0 Å². The van der Waals surface area contributed by atoms with E-state index < -0.39 is 31.7 Å². The molecule has 58 heavy (non-hydrogen) atoms. The first-order valence-corrected chi connectivity index (χ1v) is 32.4. The van der Waals surface area contributed by atoms with E-state index in [2.05, 4.69) is 229 Å². The molecule has 10 heteroatoms. The molecule has 6 nitrogen and oxygen atoms in total. The highest BCUT2D eigenvalue weighted by atomic mass is 29.3. The third-order valence-electron chi connectivity index (χ3n) is 14.8. The van der Waals surface area contributed by atoms with Crippen molar-refractivity contribution in [1.29, 1.82) is 0 Å². The first-order valence-electron chi connectivity index (χ1n) is 22.8. The maximum Gasteiger partial charge on any atom is 0.492 e. The molecule has 0 aromatic heterocycles. The Hall–Kier alpha value is -0.532. The zero-order chi connectivity index (χ0) is 45.9. The van der Waals surface area contributed by atoms with Crippen LogP contribution in [0.3, 0.4) is 0 Å². The van der Waals surface area contributed by atoms with Crippen molar-refractivity contribution in [3.8, 4) is 0 Å². The Labute approximate surface area is 364 Å². The summed E-state index contributed by atoms with van der Waals surface area (Å²) < 4.78 is 38.6. The lowest BCUT2D eigenvalue weighted by molar-refractivity contribution is 0.00283. The largest absolute Gasteiger partial charge is 0.510 e. The molecule has 4 rings (SSSR count). The van der Waals surface area contributed by atoms with Gasteiger partial charge in [0.15, 0.2) is 15.2 Å². The molecule has 0 aromatic carbocycles. The second-order valence-corrected chi connectivity index (χ2v) is 54.0. The molecule has 4 aliphatic rings. The molecule has 0 spiro atoms. The van der Waals surface area contributed by atoms with E-state index >= 15 is 0 Å². The van der Waals surface area contributed by atoms with Gasteiger partial charge in [-0.25, -0.2) is 0 Å². The average molecular weight is 878 g/mol. The Bertz CT molecular complexity index is 1440. The fourth-order valence-corrected chi connectivity index (χ4v) is 65.6. The SMILES string of the molecule is CC(C)(C)C1=CN2[C@@H]([C@@H]3C(C(C)(C)C)O[Si@]4([Si](C(C)(C)C)(C(C)(C)C)C(C)(C)C)OC(C(C)(C)C)=CN34)C(C(C)(C)C)O[Si@]2([Si](C(C)(C)C)(C(C)(C)C)C(C)(C)C)O1. The molecule has 2 fully saturated rings. The molecular weight excluding hydrogens is 781 g/mol. The Morgan fingerprint density at radius 2 is 0.586 bits per heavy atom. The van der Waals surface area contributed by atoms with Crippen molar-refractivity contribution in [2.24, 2.45) is 21.7 Å². The van der Waals surface area contributed by atoms with E-state index in [0.717, 1.165) is 11.5 Å². The van der Waals surface area contributed by atoms with Gasteiger partial charge in [-0.1, -0.05) is 208 Å². The van der Waals surface area contributed by atoms with Gasteiger partial charge >= 0.3 is 16.5 Å². The van der Waals surface area contributed by atoms with Crippen LogP contribution in [0.4, 0.5) is 0 Å². The molecule has 0 N–H and O–H groups in total. The van der Waals surface area contributed by atoms with E-state index in [9.17, 15) is 0 Å². The highest BCUT2D eigenvalue weighted by Gasteiger charge is 2.88. The van der Waals surface area contributed by atoms with Crippen LogP contribution in [0.25, 0.3) is 0 Å². The number of hydrogen-bond acceptors (Lipinski definition) is 6. The summed E-state index contributed by atoms with van der Waals surface area (Å²) in [5.41, 5.74) is -0.776. The molecule has 6 atom stereocenters. The minimum Gasteiger partial charge on any atom is -0.510 e. The topological polar surface area (TPSA) is 43.4 Å². The molecule has 0 aliphatic carbocycles. The Kier molecular flexibility index (Phi) is 11.7. The summed E-state index contributed by atoms with van der Waals surface area (Å²) >= 11 is 0. The second-order valence-electron chi connectivity index (χ2n) is 29.5. The van der Waals surface area contributed by atoms with E-state index in [-0.39, 0.29) is 76.2 Å². The Morgan fingerprint density at radius 3 is 0.741 bits per heavy atom. The Balaban J connectivity index is 2.34. The number of allylic oxidation sites excluding steroid dienone is 2. The van der Waals surface area contributed by atoms with Gasteiger partial charge in [-0.05, 0) is 41.1 Å². The molecule has 0 bridgehead atoms. The van der Waals surface area contributed by atoms with Crippen LogP contribution in [0.2, 0.25) is 30.2 Å². The lowest BCUT2D eigenvalue weighted by Crippen LogP contribution is -2.82. The van der Waals surface area contributed by atoms with Crippen molar-refractivity contribution in [2.45, 2.75) is 262 Å². The fraction of sp³-hybridized carbons (Fsp3) is 0.917. The molecule has 2 saturated heterocycles. The summed E-state index contributed by atoms with van der Waals surface area (Å²) in [7, 11) is -12.2. The molecule has 0 radical (unpaired) electrons. The van der Waals surface area contributed by atoms with E-state index in [1.165, 1.54) is 0 Å². The smallest absolute Gasteiger partial charge is 0.492 e. The highest BCUT2D eigenvalue weighted by Crippen LogP contribution is 2.73. The van der Waals surface area contributed by atoms with E-state index in [1.54, 1.807) is 0 Å². The van der Waals surface area contributed by atoms with Crippen molar-refractivity contribution in [3.05, 3.63) is 23.9 Å². The monoisotopic (exact) mass is 877 g/mol. The van der Waals surface area contributed by atoms with Crippen LogP contribution < -0.4 is 0 Å². The zero-order valence-corrected chi connectivity index (χ0v) is 48.0. The van der Waals surface area contributed by atoms with Gasteiger partial charge in [-0.2, -0.15) is 0 Å². The minimum absolute atomic E-state index is 0.0326. The summed E-state index contributed by atoms with van der Waals surface area (Å²) in [4.78, 5) is 0. The normalized spacial score (nSPS) is 30.0. The zero-order valence-electron chi connectivity index (χ0n) is 44.0. The predicted octanol–water partition coefficient (Wildman–Crippen LogP) is 14.8. The maximum absolute atomic E-state index is 8.39. The average Bonchev–Trinajstić information content (AvgIpc) is 3.58. The number of fused-ring (bicyclic) bond motifs is 2. The first-order chi connectivity index (χ1) is 25.1. The quantitative estimate of drug-likeness (QED) is 0.263. The molecule has 0 aromatic rings. The van der Waals surface area contributed by atoms with Crippen LogP contribution >= 0.6 is 0 Å². The van der Waals surface area contributed by atoms with E-state index in [4.69, 9.17) is 17.7 Å². The van der Waals surface area contributed by atoms with Gasteiger partial charge in [0.25, 0.3) is 0 Å². The van der Waals surface area contributed by atoms with Crippen LogP contribution in [-0.4, -0.2) is 65.1 Å². The van der Waals surface area contributed by atoms with E-state index in [1.807, 2.05) is 0 Å². The van der Waals surface area contributed by atoms with Gasteiger partial charge < -0.3 is 26.8 Å². The second kappa shape index (κ2) is 13.5. The summed E-state index contributed by atoms with van der Waals surface area (Å²) in [5.74, 6) is 2.15. The van der Waals surface area contributed by atoms with Gasteiger partial charge in [0.2, 0.25) is 0 Å². The highest BCUT2D eigenvalue weighted by molar-refractivity contribution is 7.41. The van der Waals surface area contributed by atoms with Crippen LogP contribution in [0.15, 0.2) is 23.9 Å². The van der Waals surface area contributed by atoms with Gasteiger partial charge in [0.1, 0.15) is 11.5 Å². The van der Waals surface area contributed by atoms with E-state index in [0.29, 0.717) is 0 Å². The molecular formula is C48H96N2O4Si4. The van der Waals surface area contributed by atoms with Crippen LogP contribution in [-0.2, 0) is 17.7 Å². The fourth-order valence-electron chi connectivity index (χ4n) is 15.5. The van der Waals surface area contributed by atoms with Crippen molar-refractivity contribution < 1.29 is 17.7 Å². The van der Waals surface area contributed by atoms with Crippen LogP contribution in [0.5, 0.6) is 0 Å². The Morgan fingerprint density at radius 1 is 0.379 bits per heavy atom. The molecule has 4 aliphatic heterocycles. The standard InChI is InChI=1S/C48H96N2O4Si4/c1-39(2,3)33-31-49-35(37(41(7,8)9)53-57(49,51-33)55(43(13,14)15,44(16,17)18)45(19,20)21)36-38(42(10,11)12)54-58(50(36)32-34(52-58)40(4,5)6)56(46(22,23)24,47(25,26)27)48(28,29)30/h31-32,35-38H,1-30H3/t35-,36+,37?,38?,57-,58-/m1/s1. The van der Waals surface area contributed by atoms with Crippen LogP contribution in [0, 0.1) is 21.7 Å². The number of rotatable bonds is 3. The summed E-state index contributed by atoms with van der Waals surface area (Å²) in [6.45, 7) is 73.8. The minimum atomic E-state index is -3.36. The van der Waals surface area contributed by atoms with Crippen molar-refractivity contribution in [3.63, 3.8) is 0 Å². The van der Waals surface area contributed by atoms with Crippen LogP contribution in [0.1, 0.15) is 208 Å². The van der Waals surface area contributed by atoms with Crippen molar-refractivity contribution >= 4 is 31.7 Å². The van der Waals surface area contributed by atoms with Gasteiger partial charge in [0, 0.05) is 23.2 Å². The third kappa shape index (κ3) is 6.81. The molecule has 4 heterocycles. The van der Waals surface area contributed by atoms with Gasteiger partial charge in [0.05, 0.1) is 24.3 Å². The summed E-state index contributed by atoms with van der Waals surface area (Å²) in [6.07, 6.45) is 4.78. The molecule has 0 saturated carbocycles. The predicted molar refractivity (Wildman–Crippen MR) is 258 cm³/mol. The van der Waals surface area contributed by atoms with Gasteiger partial charge in [-0.3, -0.25) is 0 Å². The van der Waals surface area contributed by atoms with Crippen molar-refractivity contribution in [2.75, 3.05) is 0 Å². The molecule has 2 unspecified atom stereocenters. The maximum atomic E-state index is 8.39. The lowest BCUT2D eigenvalue weighted by Gasteiger charge is -2.63. The number of hydrogen-bond donors (Lipinski definition) is 0. The lowest BCUT2D eigenvalue weighted by atomic mass is 9.76. The number of nitrogens with zero attached hydrogens (tertiary/aromatic N) is 2. The molecule has 0 amide bonds. The third-order valence-corrected chi connectivity index (χ3v) is 56.6. The van der Waals surface area contributed by atoms with Crippen molar-refractivity contribution in [1.82, 2.24) is 9.13 Å². The summed E-state index contributed by atoms with van der Waals surface area (Å²) in [5, 5.41) is -0.313. The summed E-state index contributed by atoms with van der Waals surface area (Å²) in [6, 6.07) is -0.0652. The first kappa shape index (κ1) is 50.1. The molecule has 338 valence electrons.